The Morgan fingerprint density at radius 3 is 2.14 bits per heavy atom. The van der Waals surface area contributed by atoms with Crippen LogP contribution in [0.25, 0.3) is 0 Å². The molecule has 4 aliphatic rings. The molecule has 4 aliphatic heterocycles. The number of rotatable bonds is 12. The summed E-state index contributed by atoms with van der Waals surface area (Å²) >= 11 is 0. The molecule has 2 atom stereocenters. The van der Waals surface area contributed by atoms with E-state index < -0.39 is 27.3 Å². The van der Waals surface area contributed by atoms with Crippen LogP contribution in [0.5, 0.6) is 0 Å². The molecular formula is C40H56N5O4S+. The van der Waals surface area contributed by atoms with Crippen molar-refractivity contribution in [3.05, 3.63) is 83.4 Å². The zero-order valence-corrected chi connectivity index (χ0v) is 31.1. The third-order valence-corrected chi connectivity index (χ3v) is 13.5. The summed E-state index contributed by atoms with van der Waals surface area (Å²) in [7, 11) is 0.158. The predicted octanol–water partition coefficient (Wildman–Crippen LogP) is 6.69. The average Bonchev–Trinajstić information content (AvgIpc) is 3.17. The number of carbonyl (C=O) groups excluding carboxylic acids is 1. The quantitative estimate of drug-likeness (QED) is 0.182. The molecular weight excluding hydrogens is 647 g/mol. The van der Waals surface area contributed by atoms with Crippen LogP contribution in [0.4, 0.5) is 21.9 Å². The van der Waals surface area contributed by atoms with Gasteiger partial charge in [-0.2, -0.15) is 0 Å². The van der Waals surface area contributed by atoms with Gasteiger partial charge in [-0.25, -0.2) is 13.2 Å². The summed E-state index contributed by atoms with van der Waals surface area (Å²) in [5, 5.41) is 18.6. The molecule has 0 saturated carbocycles. The molecule has 7 rings (SSSR count). The van der Waals surface area contributed by atoms with Gasteiger partial charge in [0, 0.05) is 67.7 Å². The van der Waals surface area contributed by atoms with E-state index in [0.29, 0.717) is 24.1 Å². The van der Waals surface area contributed by atoms with Gasteiger partial charge in [-0.3, -0.25) is 4.90 Å². The normalized spacial score (nSPS) is 24.9. The van der Waals surface area contributed by atoms with Gasteiger partial charge < -0.3 is 25.1 Å². The van der Waals surface area contributed by atoms with Crippen LogP contribution in [-0.2, 0) is 16.4 Å². The fraction of sp³-hybridized carbons (Fsp3) is 0.525. The monoisotopic (exact) mass is 702 g/mol. The lowest BCUT2D eigenvalue weighted by atomic mass is 9.68. The number of aliphatic hydroxyl groups is 1. The lowest BCUT2D eigenvalue weighted by molar-refractivity contribution is -0.953. The lowest BCUT2D eigenvalue weighted by Crippen LogP contribution is -2.66. The number of nitrogens with one attached hydrogen (secondary N) is 2. The third-order valence-electron chi connectivity index (χ3n) is 11.5. The molecule has 4 heterocycles. The Morgan fingerprint density at radius 2 is 1.52 bits per heavy atom. The smallest absolute Gasteiger partial charge is 0.323 e. The number of aliphatic hydroxyl groups excluding tert-OH is 1. The van der Waals surface area contributed by atoms with Gasteiger partial charge in [-0.05, 0) is 66.4 Å². The van der Waals surface area contributed by atoms with E-state index in [9.17, 15) is 18.3 Å². The van der Waals surface area contributed by atoms with E-state index in [-0.39, 0.29) is 16.7 Å². The molecule has 2 amide bonds. The highest BCUT2D eigenvalue weighted by atomic mass is 32.2. The summed E-state index contributed by atoms with van der Waals surface area (Å²) in [4.78, 5) is 18.2. The number of urea groups is 1. The molecule has 3 aromatic rings. The number of fused-ring (bicyclic) bond motifs is 4. The van der Waals surface area contributed by atoms with Crippen molar-refractivity contribution in [3.8, 4) is 0 Å². The van der Waals surface area contributed by atoms with E-state index >= 15 is 0 Å². The van der Waals surface area contributed by atoms with E-state index in [2.05, 4.69) is 41.5 Å². The summed E-state index contributed by atoms with van der Waals surface area (Å²) in [5.74, 6) is -0.675. The Bertz CT molecular complexity index is 1750. The largest absolute Gasteiger partial charge is 0.392 e. The van der Waals surface area contributed by atoms with Gasteiger partial charge in [0.05, 0.1) is 36.4 Å². The first-order valence-corrected chi connectivity index (χ1v) is 20.2. The molecule has 9 nitrogen and oxygen atoms in total. The summed E-state index contributed by atoms with van der Waals surface area (Å²) in [6.07, 6.45) is 3.83. The number of amides is 2. The van der Waals surface area contributed by atoms with E-state index in [0.717, 1.165) is 73.3 Å². The number of quaternary nitrogens is 1. The minimum atomic E-state index is -3.71. The first kappa shape index (κ1) is 36.4. The molecule has 3 N–H and O–H groups in total. The van der Waals surface area contributed by atoms with Crippen LogP contribution in [0, 0.1) is 5.41 Å². The molecule has 3 fully saturated rings. The number of anilines is 3. The number of nitrogens with zero attached hydrogens (tertiary/aromatic N) is 3. The first-order valence-electron chi connectivity index (χ1n) is 18.5. The van der Waals surface area contributed by atoms with E-state index in [1.165, 1.54) is 25.2 Å². The van der Waals surface area contributed by atoms with Gasteiger partial charge >= 0.3 is 6.03 Å². The van der Waals surface area contributed by atoms with Crippen LogP contribution in [0.15, 0.2) is 71.6 Å². The zero-order valence-electron chi connectivity index (χ0n) is 30.3. The lowest BCUT2D eigenvalue weighted by Gasteiger charge is -2.50. The molecule has 10 heteroatoms. The van der Waals surface area contributed by atoms with Crippen LogP contribution >= 0.6 is 0 Å². The Morgan fingerprint density at radius 1 is 0.900 bits per heavy atom. The van der Waals surface area contributed by atoms with Gasteiger partial charge in [0.15, 0.2) is 9.84 Å². The minimum absolute atomic E-state index is 0.0795. The van der Waals surface area contributed by atoms with Crippen LogP contribution in [0.3, 0.4) is 0 Å². The fourth-order valence-electron chi connectivity index (χ4n) is 8.60. The maximum Gasteiger partial charge on any atom is 0.323 e. The molecule has 270 valence electrons. The molecule has 3 saturated heterocycles. The van der Waals surface area contributed by atoms with Crippen LogP contribution < -0.4 is 15.5 Å². The van der Waals surface area contributed by atoms with E-state index in [1.54, 1.807) is 6.07 Å². The summed E-state index contributed by atoms with van der Waals surface area (Å²) in [5.41, 5.74) is 4.01. The number of unbranched alkanes of at least 4 members (excludes halogenated alkanes) is 2. The predicted molar refractivity (Wildman–Crippen MR) is 203 cm³/mol. The summed E-state index contributed by atoms with van der Waals surface area (Å²) in [6, 6.07) is 20.8. The second-order valence-electron chi connectivity index (χ2n) is 15.3. The number of benzene rings is 3. The second kappa shape index (κ2) is 15.0. The average molecular weight is 703 g/mol. The number of hydrogen-bond acceptors (Lipinski definition) is 6. The van der Waals surface area contributed by atoms with Gasteiger partial charge in [-0.1, -0.05) is 63.8 Å². The molecule has 0 radical (unpaired) electrons. The minimum Gasteiger partial charge on any atom is -0.392 e. The highest BCUT2D eigenvalue weighted by Crippen LogP contribution is 2.50. The van der Waals surface area contributed by atoms with Crippen molar-refractivity contribution in [1.29, 1.82) is 0 Å². The Labute approximate surface area is 299 Å². The topological polar surface area (TPSA) is 102 Å². The van der Waals surface area contributed by atoms with Gasteiger partial charge in [-0.15, -0.1) is 0 Å². The third kappa shape index (κ3) is 7.73. The van der Waals surface area contributed by atoms with Crippen LogP contribution in [0.2, 0.25) is 0 Å². The number of hydrogen-bond donors (Lipinski definition) is 3. The Hall–Kier alpha value is -3.44. The van der Waals surface area contributed by atoms with Gasteiger partial charge in [0.2, 0.25) is 0 Å². The van der Waals surface area contributed by atoms with Crippen LogP contribution in [0.1, 0.15) is 75.0 Å². The molecule has 0 unspecified atom stereocenters. The zero-order chi connectivity index (χ0) is 35.5. The molecule has 0 aromatic heterocycles. The standard InChI is InChI=1S/C40H55N5O4S/c1-5-7-17-40(18-8-6-2)29-50(48,49)36-16-15-34(43(3)4)27-35(36)37(38(40)46)31-12-10-14-33(26-31)42-39(47)41-32-13-9-11-30(25-32)28-45-22-19-44(20-23-45)21-24-45/h9-16,25-27,37-38,46H,5-8,17-24,28-29H2,1-4H3,(H-,41,42,47)/p+1/t37-,38-/m1/s1. The Balaban J connectivity index is 1.29. The SMILES string of the molecule is CCCCC1(CCCC)CS(=O)(=O)c2ccc(N(C)C)cc2[C@@H](c2cccc(NC(=O)Nc3cccc(C[N+]45CCN(CC4)CC5)c3)c2)[C@H]1O. The van der Waals surface area contributed by atoms with Crippen molar-refractivity contribution in [1.82, 2.24) is 4.90 Å². The molecule has 0 spiro atoms. The van der Waals surface area contributed by atoms with Crippen molar-refractivity contribution in [2.45, 2.75) is 75.8 Å². The van der Waals surface area contributed by atoms with Crippen molar-refractivity contribution < 1.29 is 22.8 Å². The highest BCUT2D eigenvalue weighted by molar-refractivity contribution is 7.91. The molecule has 2 bridgehead atoms. The number of carbonyl (C=O) groups is 1. The molecule has 50 heavy (non-hydrogen) atoms. The van der Waals surface area contributed by atoms with Crippen molar-refractivity contribution >= 4 is 32.9 Å². The highest BCUT2D eigenvalue weighted by Gasteiger charge is 2.49. The van der Waals surface area contributed by atoms with Gasteiger partial charge in [0.1, 0.15) is 6.54 Å². The molecule has 3 aromatic carbocycles. The summed E-state index contributed by atoms with van der Waals surface area (Å²) in [6.45, 7) is 12.2. The maximum atomic E-state index is 14.2. The first-order chi connectivity index (χ1) is 24.0. The second-order valence-corrected chi connectivity index (χ2v) is 17.2. The number of sulfone groups is 1. The van der Waals surface area contributed by atoms with E-state index in [1.807, 2.05) is 67.5 Å². The van der Waals surface area contributed by atoms with Gasteiger partial charge in [0.25, 0.3) is 0 Å². The summed E-state index contributed by atoms with van der Waals surface area (Å²) < 4.78 is 29.5. The van der Waals surface area contributed by atoms with Crippen molar-refractivity contribution in [2.24, 2.45) is 5.41 Å². The van der Waals surface area contributed by atoms with E-state index in [4.69, 9.17) is 0 Å². The Kier molecular flexibility index (Phi) is 10.9. The van der Waals surface area contributed by atoms with Crippen molar-refractivity contribution in [3.63, 3.8) is 0 Å². The number of piperazine rings is 3. The van der Waals surface area contributed by atoms with Crippen LogP contribution in [-0.4, -0.2) is 94.2 Å². The maximum absolute atomic E-state index is 14.2. The van der Waals surface area contributed by atoms with Crippen molar-refractivity contribution in [2.75, 3.05) is 74.7 Å². The molecule has 0 aliphatic carbocycles. The fourth-order valence-corrected chi connectivity index (χ4v) is 10.8.